The van der Waals surface area contributed by atoms with Crippen molar-refractivity contribution in [1.29, 1.82) is 0 Å². The largest absolute Gasteiger partial charge is 0.490 e. The number of nitrogens with zero attached hydrogens (tertiary/aromatic N) is 3. The van der Waals surface area contributed by atoms with Crippen LogP contribution in [-0.4, -0.2) is 40.7 Å². The monoisotopic (exact) mass is 351 g/mol. The van der Waals surface area contributed by atoms with Crippen LogP contribution < -0.4 is 4.74 Å². The fraction of sp³-hybridized carbons (Fsp3) is 0.400. The smallest absolute Gasteiger partial charge is 0.150 e. The van der Waals surface area contributed by atoms with E-state index < -0.39 is 0 Å². The molecule has 3 aromatic rings. The summed E-state index contributed by atoms with van der Waals surface area (Å²) in [5.74, 6) is 0.848. The maximum atomic E-state index is 5.90. The van der Waals surface area contributed by atoms with E-state index in [1.807, 2.05) is 23.0 Å². The van der Waals surface area contributed by atoms with Crippen molar-refractivity contribution < 1.29 is 14.2 Å². The minimum absolute atomic E-state index is 0.0191. The molecular weight excluding hydrogens is 330 g/mol. The van der Waals surface area contributed by atoms with Gasteiger partial charge in [0.1, 0.15) is 18.5 Å². The van der Waals surface area contributed by atoms with Crippen LogP contribution in [0.2, 0.25) is 0 Å². The first-order valence-corrected chi connectivity index (χ1v) is 9.17. The highest BCUT2D eigenvalue weighted by Crippen LogP contribution is 2.32. The summed E-state index contributed by atoms with van der Waals surface area (Å²) in [6.07, 6.45) is 7.18. The van der Waals surface area contributed by atoms with E-state index >= 15 is 0 Å². The normalized spacial score (nSPS) is 22.5. The number of benzene rings is 1. The van der Waals surface area contributed by atoms with Crippen LogP contribution in [0.5, 0.6) is 5.75 Å². The molecule has 2 atom stereocenters. The van der Waals surface area contributed by atoms with Crippen LogP contribution in [0.4, 0.5) is 0 Å². The summed E-state index contributed by atoms with van der Waals surface area (Å²) in [5.41, 5.74) is 3.05. The van der Waals surface area contributed by atoms with Gasteiger partial charge in [-0.25, -0.2) is 4.68 Å². The predicted molar refractivity (Wildman–Crippen MR) is 97.0 cm³/mol. The van der Waals surface area contributed by atoms with Crippen LogP contribution in [-0.2, 0) is 9.47 Å². The van der Waals surface area contributed by atoms with Gasteiger partial charge in [-0.3, -0.25) is 4.98 Å². The van der Waals surface area contributed by atoms with Gasteiger partial charge < -0.3 is 14.2 Å². The highest BCUT2D eigenvalue weighted by Gasteiger charge is 2.23. The average molecular weight is 351 g/mol. The Balaban J connectivity index is 1.47. The van der Waals surface area contributed by atoms with Gasteiger partial charge in [0.15, 0.2) is 6.23 Å². The summed E-state index contributed by atoms with van der Waals surface area (Å²) in [4.78, 5) is 4.53. The van der Waals surface area contributed by atoms with Gasteiger partial charge in [0.2, 0.25) is 0 Å². The molecule has 0 aliphatic carbocycles. The van der Waals surface area contributed by atoms with Crippen molar-refractivity contribution in [3.8, 4) is 17.0 Å². The number of rotatable bonds is 5. The number of pyridine rings is 1. The molecule has 2 saturated heterocycles. The number of hydrogen-bond acceptors (Lipinski definition) is 5. The first-order chi connectivity index (χ1) is 12.9. The van der Waals surface area contributed by atoms with Crippen LogP contribution in [0.25, 0.3) is 22.2 Å². The molecule has 0 saturated carbocycles. The third-order valence-corrected chi connectivity index (χ3v) is 4.92. The number of fused-ring (bicyclic) bond motifs is 1. The predicted octanol–water partition coefficient (Wildman–Crippen LogP) is 3.58. The second-order valence-electron chi connectivity index (χ2n) is 6.79. The first-order valence-electron chi connectivity index (χ1n) is 9.17. The van der Waals surface area contributed by atoms with Crippen LogP contribution >= 0.6 is 0 Å². The van der Waals surface area contributed by atoms with Gasteiger partial charge in [-0.2, -0.15) is 5.10 Å². The zero-order valence-corrected chi connectivity index (χ0v) is 14.5. The summed E-state index contributed by atoms with van der Waals surface area (Å²) in [5, 5.41) is 5.51. The molecular formula is C20H21N3O3. The molecule has 0 amide bonds. The SMILES string of the molecule is c1cc(OC[C@H]2CO2)c2ccc(-c3ccnn3C3CCCCO3)cc2n1. The van der Waals surface area contributed by atoms with Crippen LogP contribution in [0, 0.1) is 0 Å². The molecule has 26 heavy (non-hydrogen) atoms. The van der Waals surface area contributed by atoms with Gasteiger partial charge in [-0.05, 0) is 43.5 Å². The van der Waals surface area contributed by atoms with E-state index in [1.165, 1.54) is 6.42 Å². The number of hydrogen-bond donors (Lipinski definition) is 0. The zero-order valence-electron chi connectivity index (χ0n) is 14.5. The lowest BCUT2D eigenvalue weighted by Gasteiger charge is -2.24. The van der Waals surface area contributed by atoms with Crippen molar-refractivity contribution in [3.63, 3.8) is 0 Å². The van der Waals surface area contributed by atoms with Crippen molar-refractivity contribution >= 4 is 10.9 Å². The van der Waals surface area contributed by atoms with E-state index in [9.17, 15) is 0 Å². The Morgan fingerprint density at radius 3 is 2.92 bits per heavy atom. The second-order valence-corrected chi connectivity index (χ2v) is 6.79. The molecule has 6 heteroatoms. The second kappa shape index (κ2) is 6.70. The van der Waals surface area contributed by atoms with E-state index in [0.717, 1.165) is 54.0 Å². The fourth-order valence-corrected chi connectivity index (χ4v) is 3.44. The Labute approximate surface area is 151 Å². The van der Waals surface area contributed by atoms with Crippen molar-refractivity contribution in [2.75, 3.05) is 19.8 Å². The van der Waals surface area contributed by atoms with E-state index in [4.69, 9.17) is 14.2 Å². The van der Waals surface area contributed by atoms with Crippen molar-refractivity contribution in [2.45, 2.75) is 31.6 Å². The summed E-state index contributed by atoms with van der Waals surface area (Å²) in [6, 6.07) is 10.2. The first kappa shape index (κ1) is 15.8. The maximum Gasteiger partial charge on any atom is 0.150 e. The van der Waals surface area contributed by atoms with Gasteiger partial charge >= 0.3 is 0 Å². The minimum atomic E-state index is 0.0191. The summed E-state index contributed by atoms with van der Waals surface area (Å²) >= 11 is 0. The molecule has 0 radical (unpaired) electrons. The van der Waals surface area contributed by atoms with Gasteiger partial charge in [0, 0.05) is 30.0 Å². The third kappa shape index (κ3) is 3.06. The Bertz CT molecular complexity index is 914. The van der Waals surface area contributed by atoms with Gasteiger partial charge in [-0.15, -0.1) is 0 Å². The molecule has 5 rings (SSSR count). The molecule has 2 aliphatic heterocycles. The molecule has 6 nitrogen and oxygen atoms in total. The summed E-state index contributed by atoms with van der Waals surface area (Å²) in [7, 11) is 0. The number of epoxide rings is 1. The Morgan fingerprint density at radius 1 is 1.12 bits per heavy atom. The summed E-state index contributed by atoms with van der Waals surface area (Å²) < 4.78 is 19.0. The van der Waals surface area contributed by atoms with E-state index in [-0.39, 0.29) is 12.3 Å². The maximum absolute atomic E-state index is 5.90. The Kier molecular flexibility index (Phi) is 4.07. The van der Waals surface area contributed by atoms with Gasteiger partial charge in [0.05, 0.1) is 17.8 Å². The van der Waals surface area contributed by atoms with Crippen LogP contribution in [0.3, 0.4) is 0 Å². The molecule has 0 N–H and O–H groups in total. The lowest BCUT2D eigenvalue weighted by Crippen LogP contribution is -2.19. The van der Waals surface area contributed by atoms with Crippen molar-refractivity contribution in [1.82, 2.24) is 14.8 Å². The number of aromatic nitrogens is 3. The van der Waals surface area contributed by atoms with Gasteiger partial charge in [0.25, 0.3) is 0 Å². The van der Waals surface area contributed by atoms with E-state index in [1.54, 1.807) is 6.20 Å². The standard InChI is InChI=1S/C20H21N3O3/c1-2-10-24-20(3-1)23-18(6-9-22-23)14-4-5-16-17(11-14)21-8-7-19(16)26-13-15-12-25-15/h4-9,11,15,20H,1-3,10,12-13H2/t15-,20?/m1/s1. The lowest BCUT2D eigenvalue weighted by molar-refractivity contribution is -0.0383. The lowest BCUT2D eigenvalue weighted by atomic mass is 10.1. The van der Waals surface area contributed by atoms with E-state index in [0.29, 0.717) is 6.61 Å². The summed E-state index contributed by atoms with van der Waals surface area (Å²) in [6.45, 7) is 2.18. The molecule has 0 bridgehead atoms. The third-order valence-electron chi connectivity index (χ3n) is 4.92. The Morgan fingerprint density at radius 2 is 2.08 bits per heavy atom. The quantitative estimate of drug-likeness (QED) is 0.658. The number of ether oxygens (including phenoxy) is 3. The Hall–Kier alpha value is -2.44. The molecule has 0 spiro atoms. The van der Waals surface area contributed by atoms with E-state index in [2.05, 4.69) is 28.3 Å². The van der Waals surface area contributed by atoms with Crippen LogP contribution in [0.1, 0.15) is 25.5 Å². The molecule has 1 aromatic carbocycles. The molecule has 2 aliphatic rings. The molecule has 4 heterocycles. The topological polar surface area (TPSA) is 61.7 Å². The average Bonchev–Trinajstić information content (AvgIpc) is 3.40. The van der Waals surface area contributed by atoms with Gasteiger partial charge in [-0.1, -0.05) is 6.07 Å². The fourth-order valence-electron chi connectivity index (χ4n) is 3.44. The minimum Gasteiger partial charge on any atom is -0.490 e. The highest BCUT2D eigenvalue weighted by atomic mass is 16.6. The molecule has 2 aromatic heterocycles. The molecule has 2 fully saturated rings. The van der Waals surface area contributed by atoms with Crippen molar-refractivity contribution in [3.05, 3.63) is 42.7 Å². The van der Waals surface area contributed by atoms with Crippen molar-refractivity contribution in [2.24, 2.45) is 0 Å². The van der Waals surface area contributed by atoms with Crippen LogP contribution in [0.15, 0.2) is 42.7 Å². The highest BCUT2D eigenvalue weighted by molar-refractivity contribution is 5.88. The zero-order chi connectivity index (χ0) is 17.3. The molecule has 1 unspecified atom stereocenters. The molecule has 134 valence electrons.